The predicted molar refractivity (Wildman–Crippen MR) is 76.4 cm³/mol. The smallest absolute Gasteiger partial charge is 0.332 e. The van der Waals surface area contributed by atoms with Crippen LogP contribution in [0.4, 0.5) is 10.5 Å². The van der Waals surface area contributed by atoms with E-state index >= 15 is 0 Å². The molecule has 0 aliphatic carbocycles. The van der Waals surface area contributed by atoms with Crippen molar-refractivity contribution in [2.45, 2.75) is 32.1 Å². The monoisotopic (exact) mass is 290 g/mol. The molecule has 2 aliphatic rings. The molecule has 2 saturated heterocycles. The number of carbonyl (C=O) groups excluding carboxylic acids is 2. The fraction of sp³-hybridized carbons (Fsp3) is 0.467. The highest BCUT2D eigenvalue weighted by Gasteiger charge is 2.51. The van der Waals surface area contributed by atoms with Gasteiger partial charge < -0.3 is 14.4 Å². The molecular formula is C15H18N2O4. The minimum absolute atomic E-state index is 0.0659. The first-order valence-corrected chi connectivity index (χ1v) is 6.97. The van der Waals surface area contributed by atoms with Crippen LogP contribution in [0.2, 0.25) is 0 Å². The lowest BCUT2D eigenvalue weighted by Crippen LogP contribution is -2.53. The van der Waals surface area contributed by atoms with Crippen molar-refractivity contribution in [2.75, 3.05) is 18.6 Å². The molecule has 0 spiro atoms. The number of methoxy groups -OCH3 is 1. The number of nitrogens with zero attached hydrogens (tertiary/aromatic N) is 2. The van der Waals surface area contributed by atoms with Gasteiger partial charge in [0.25, 0.3) is 5.91 Å². The van der Waals surface area contributed by atoms with Gasteiger partial charge in [0.15, 0.2) is 0 Å². The first-order valence-electron chi connectivity index (χ1n) is 6.97. The largest absolute Gasteiger partial charge is 0.497 e. The molecule has 2 fully saturated rings. The number of ether oxygens (including phenoxy) is 2. The molecule has 2 heterocycles. The first kappa shape index (κ1) is 13.9. The number of benzene rings is 1. The maximum atomic E-state index is 12.6. The second-order valence-corrected chi connectivity index (χ2v) is 5.40. The van der Waals surface area contributed by atoms with E-state index in [0.29, 0.717) is 18.0 Å². The Morgan fingerprint density at radius 1 is 1.19 bits per heavy atom. The molecule has 0 saturated carbocycles. The Labute approximate surface area is 123 Å². The van der Waals surface area contributed by atoms with Gasteiger partial charge in [0.05, 0.1) is 25.0 Å². The summed E-state index contributed by atoms with van der Waals surface area (Å²) in [6, 6.07) is 6.07. The molecule has 3 unspecified atom stereocenters. The lowest BCUT2D eigenvalue weighted by molar-refractivity contribution is -0.132. The van der Waals surface area contributed by atoms with Gasteiger partial charge in [0.2, 0.25) is 0 Å². The zero-order valence-electron chi connectivity index (χ0n) is 12.3. The van der Waals surface area contributed by atoms with Gasteiger partial charge in [-0.05, 0) is 38.1 Å². The summed E-state index contributed by atoms with van der Waals surface area (Å²) in [5, 5.41) is 0. The summed E-state index contributed by atoms with van der Waals surface area (Å²) in [7, 11) is 1.57. The Kier molecular flexibility index (Phi) is 3.33. The van der Waals surface area contributed by atoms with Crippen LogP contribution in [0.25, 0.3) is 0 Å². The van der Waals surface area contributed by atoms with E-state index in [1.807, 2.05) is 13.8 Å². The Morgan fingerprint density at radius 3 is 2.48 bits per heavy atom. The molecule has 112 valence electrons. The van der Waals surface area contributed by atoms with Crippen molar-refractivity contribution in [1.82, 2.24) is 4.90 Å². The summed E-state index contributed by atoms with van der Waals surface area (Å²) in [5.74, 6) is 0.449. The van der Waals surface area contributed by atoms with E-state index in [0.717, 1.165) is 0 Å². The molecule has 21 heavy (non-hydrogen) atoms. The molecule has 1 aromatic rings. The fourth-order valence-corrected chi connectivity index (χ4v) is 2.98. The number of imide groups is 1. The molecule has 2 aliphatic heterocycles. The van der Waals surface area contributed by atoms with Gasteiger partial charge in [-0.15, -0.1) is 0 Å². The highest BCUT2D eigenvalue weighted by molar-refractivity contribution is 6.21. The molecule has 0 aromatic heterocycles. The summed E-state index contributed by atoms with van der Waals surface area (Å²) >= 11 is 0. The molecule has 0 radical (unpaired) electrons. The second-order valence-electron chi connectivity index (χ2n) is 5.40. The van der Waals surface area contributed by atoms with E-state index in [-0.39, 0.29) is 24.1 Å². The fourth-order valence-electron chi connectivity index (χ4n) is 2.98. The van der Waals surface area contributed by atoms with Gasteiger partial charge in [-0.1, -0.05) is 0 Å². The third-order valence-electron chi connectivity index (χ3n) is 3.92. The summed E-state index contributed by atoms with van der Waals surface area (Å²) in [4.78, 5) is 27.9. The van der Waals surface area contributed by atoms with Crippen LogP contribution in [-0.4, -0.2) is 48.7 Å². The van der Waals surface area contributed by atoms with Crippen LogP contribution in [0.1, 0.15) is 13.8 Å². The van der Waals surface area contributed by atoms with Crippen molar-refractivity contribution in [3.63, 3.8) is 0 Å². The van der Waals surface area contributed by atoms with Crippen LogP contribution in [-0.2, 0) is 9.53 Å². The number of carbonyl (C=O) groups is 2. The number of anilines is 1. The van der Waals surface area contributed by atoms with Gasteiger partial charge in [-0.3, -0.25) is 4.79 Å². The third-order valence-corrected chi connectivity index (χ3v) is 3.92. The SMILES string of the molecule is COc1ccc(N2C(=O)C3C(C)OC(C)CN3C2=O)cc1. The average molecular weight is 290 g/mol. The van der Waals surface area contributed by atoms with E-state index in [2.05, 4.69) is 0 Å². The third kappa shape index (κ3) is 2.15. The van der Waals surface area contributed by atoms with Gasteiger partial charge in [-0.25, -0.2) is 9.69 Å². The van der Waals surface area contributed by atoms with Crippen LogP contribution in [0, 0.1) is 0 Å². The van der Waals surface area contributed by atoms with E-state index in [1.54, 1.807) is 36.3 Å². The van der Waals surface area contributed by atoms with Crippen molar-refractivity contribution in [3.8, 4) is 5.75 Å². The van der Waals surface area contributed by atoms with Crippen molar-refractivity contribution in [3.05, 3.63) is 24.3 Å². The lowest BCUT2D eigenvalue weighted by atomic mass is 10.1. The van der Waals surface area contributed by atoms with Gasteiger partial charge in [0.1, 0.15) is 11.8 Å². The number of amides is 3. The zero-order valence-corrected chi connectivity index (χ0v) is 12.3. The van der Waals surface area contributed by atoms with E-state index < -0.39 is 6.04 Å². The molecule has 6 nitrogen and oxygen atoms in total. The quantitative estimate of drug-likeness (QED) is 0.777. The van der Waals surface area contributed by atoms with Gasteiger partial charge in [-0.2, -0.15) is 0 Å². The normalized spacial score (nSPS) is 28.8. The first-order chi connectivity index (χ1) is 10.0. The number of rotatable bonds is 2. The molecule has 3 amide bonds. The molecule has 0 N–H and O–H groups in total. The number of hydrogen-bond donors (Lipinski definition) is 0. The molecular weight excluding hydrogens is 272 g/mol. The topological polar surface area (TPSA) is 59.1 Å². The van der Waals surface area contributed by atoms with Crippen LogP contribution in [0.5, 0.6) is 5.75 Å². The number of hydrogen-bond acceptors (Lipinski definition) is 4. The molecule has 6 heteroatoms. The lowest BCUT2D eigenvalue weighted by Gasteiger charge is -2.35. The number of urea groups is 1. The number of fused-ring (bicyclic) bond motifs is 1. The highest BCUT2D eigenvalue weighted by atomic mass is 16.5. The minimum atomic E-state index is -0.532. The van der Waals surface area contributed by atoms with Crippen LogP contribution in [0.15, 0.2) is 24.3 Å². The Morgan fingerprint density at radius 2 is 1.86 bits per heavy atom. The van der Waals surface area contributed by atoms with Crippen molar-refractivity contribution < 1.29 is 19.1 Å². The van der Waals surface area contributed by atoms with Crippen molar-refractivity contribution in [2.24, 2.45) is 0 Å². The summed E-state index contributed by atoms with van der Waals surface area (Å²) in [6.45, 7) is 4.17. The van der Waals surface area contributed by atoms with Gasteiger partial charge in [0, 0.05) is 6.54 Å². The van der Waals surface area contributed by atoms with Crippen molar-refractivity contribution >= 4 is 17.6 Å². The van der Waals surface area contributed by atoms with Crippen molar-refractivity contribution in [1.29, 1.82) is 0 Å². The maximum Gasteiger partial charge on any atom is 0.332 e. The van der Waals surface area contributed by atoms with Crippen LogP contribution >= 0.6 is 0 Å². The average Bonchev–Trinajstić information content (AvgIpc) is 2.71. The second kappa shape index (κ2) is 5.04. The molecule has 3 rings (SSSR count). The Balaban J connectivity index is 1.92. The molecule has 1 aromatic carbocycles. The van der Waals surface area contributed by atoms with E-state index in [4.69, 9.17) is 9.47 Å². The van der Waals surface area contributed by atoms with E-state index in [1.165, 1.54) is 4.90 Å². The predicted octanol–water partition coefficient (Wildman–Crippen LogP) is 1.64. The standard InChI is InChI=1S/C15H18N2O4/c1-9-8-16-13(10(2)21-9)14(18)17(15(16)19)11-4-6-12(20-3)7-5-11/h4-7,9-10,13H,8H2,1-3H3. The molecule has 3 atom stereocenters. The molecule has 0 bridgehead atoms. The zero-order chi connectivity index (χ0) is 15.1. The Bertz CT molecular complexity index is 572. The maximum absolute atomic E-state index is 12.6. The van der Waals surface area contributed by atoms with E-state index in [9.17, 15) is 9.59 Å². The van der Waals surface area contributed by atoms with Crippen LogP contribution < -0.4 is 9.64 Å². The van der Waals surface area contributed by atoms with Gasteiger partial charge >= 0.3 is 6.03 Å². The minimum Gasteiger partial charge on any atom is -0.497 e. The summed E-state index contributed by atoms with van der Waals surface area (Å²) in [5.41, 5.74) is 0.556. The summed E-state index contributed by atoms with van der Waals surface area (Å²) in [6.07, 6.45) is -0.364. The highest BCUT2D eigenvalue weighted by Crippen LogP contribution is 2.31. The number of morpholine rings is 1. The van der Waals surface area contributed by atoms with Crippen LogP contribution in [0.3, 0.4) is 0 Å². The summed E-state index contributed by atoms with van der Waals surface area (Å²) < 4.78 is 10.8. The Hall–Kier alpha value is -2.08.